The highest BCUT2D eigenvalue weighted by Gasteiger charge is 2.46. The van der Waals surface area contributed by atoms with E-state index in [0.717, 1.165) is 15.4 Å². The molecule has 0 saturated heterocycles. The van der Waals surface area contributed by atoms with Crippen molar-refractivity contribution in [3.05, 3.63) is 34.4 Å². The van der Waals surface area contributed by atoms with Crippen molar-refractivity contribution in [2.24, 2.45) is 7.05 Å². The van der Waals surface area contributed by atoms with Gasteiger partial charge in [-0.05, 0) is 28.1 Å². The molecule has 20 heavy (non-hydrogen) atoms. The van der Waals surface area contributed by atoms with Crippen molar-refractivity contribution in [3.8, 4) is 0 Å². The summed E-state index contributed by atoms with van der Waals surface area (Å²) >= 11 is 3.45. The number of nitrogens with one attached hydrogen (secondary N) is 1. The van der Waals surface area contributed by atoms with Gasteiger partial charge >= 0.3 is 0 Å². The van der Waals surface area contributed by atoms with E-state index >= 15 is 0 Å². The van der Waals surface area contributed by atoms with Gasteiger partial charge in [0.2, 0.25) is 0 Å². The molecule has 1 aromatic carbocycles. The van der Waals surface area contributed by atoms with Crippen molar-refractivity contribution in [2.75, 3.05) is 0 Å². The Balaban J connectivity index is 1.85. The number of carbonyl (C=O) groups is 1. The second-order valence-corrected chi connectivity index (χ2v) is 6.06. The number of benzene rings is 1. The number of amides is 1. The Bertz CT molecular complexity index is 688. The topological polar surface area (TPSA) is 34.0 Å². The number of para-hydroxylation sites is 1. The molecule has 0 radical (unpaired) electrons. The fraction of sp³-hybridized carbons (Fsp3) is 0.357. The van der Waals surface area contributed by atoms with E-state index in [0.29, 0.717) is 5.69 Å². The summed E-state index contributed by atoms with van der Waals surface area (Å²) < 4.78 is 28.2. The van der Waals surface area contributed by atoms with Crippen molar-refractivity contribution >= 4 is 32.7 Å². The van der Waals surface area contributed by atoms with E-state index in [2.05, 4.69) is 21.2 Å². The van der Waals surface area contributed by atoms with Gasteiger partial charge in [-0.2, -0.15) is 0 Å². The Hall–Kier alpha value is -1.43. The maximum absolute atomic E-state index is 12.8. The number of fused-ring (bicyclic) bond motifs is 1. The molecule has 0 spiro atoms. The van der Waals surface area contributed by atoms with Crippen LogP contribution in [0.4, 0.5) is 8.78 Å². The van der Waals surface area contributed by atoms with Crippen LogP contribution in [-0.4, -0.2) is 22.4 Å². The molecule has 1 aliphatic rings. The standard InChI is InChI=1S/C14H13BrF2N2O/c1-19-11(5-8-3-2-4-10(15)12(8)19)13(20)18-9-6-14(16,17)7-9/h2-5,9H,6-7H2,1H3,(H,18,20). The molecule has 1 heterocycles. The predicted octanol–water partition coefficient (Wildman–Crippen LogP) is 3.47. The molecular weight excluding hydrogens is 330 g/mol. The molecule has 1 fully saturated rings. The van der Waals surface area contributed by atoms with E-state index in [1.54, 1.807) is 17.7 Å². The second kappa shape index (κ2) is 4.55. The van der Waals surface area contributed by atoms with Crippen molar-refractivity contribution < 1.29 is 13.6 Å². The van der Waals surface area contributed by atoms with Gasteiger partial charge in [0.05, 0.1) is 5.52 Å². The summed E-state index contributed by atoms with van der Waals surface area (Å²) in [6.45, 7) is 0. The van der Waals surface area contributed by atoms with Gasteiger partial charge in [0.25, 0.3) is 11.8 Å². The van der Waals surface area contributed by atoms with Crippen molar-refractivity contribution in [3.63, 3.8) is 0 Å². The van der Waals surface area contributed by atoms with Crippen LogP contribution in [0.25, 0.3) is 10.9 Å². The average molecular weight is 343 g/mol. The minimum absolute atomic E-state index is 0.271. The molecular formula is C14H13BrF2N2O. The largest absolute Gasteiger partial charge is 0.348 e. The summed E-state index contributed by atoms with van der Waals surface area (Å²) in [5.41, 5.74) is 1.39. The van der Waals surface area contributed by atoms with Crippen LogP contribution in [-0.2, 0) is 7.05 Å². The monoisotopic (exact) mass is 342 g/mol. The third kappa shape index (κ3) is 2.22. The lowest BCUT2D eigenvalue weighted by Crippen LogP contribution is -2.50. The second-order valence-electron chi connectivity index (χ2n) is 5.20. The average Bonchev–Trinajstić information content (AvgIpc) is 2.66. The number of alkyl halides is 2. The minimum Gasteiger partial charge on any atom is -0.348 e. The SMILES string of the molecule is Cn1c(C(=O)NC2CC(F)(F)C2)cc2cccc(Br)c21. The number of halogens is 3. The Morgan fingerprint density at radius 3 is 2.75 bits per heavy atom. The summed E-state index contributed by atoms with van der Waals surface area (Å²) in [4.78, 5) is 12.2. The van der Waals surface area contributed by atoms with Gasteiger partial charge in [-0.3, -0.25) is 4.79 Å². The molecule has 3 rings (SSSR count). The molecule has 1 amide bonds. The number of aromatic nitrogens is 1. The first-order valence-corrected chi connectivity index (χ1v) is 7.09. The van der Waals surface area contributed by atoms with Crippen molar-refractivity contribution in [1.82, 2.24) is 9.88 Å². The van der Waals surface area contributed by atoms with Gasteiger partial charge in [-0.25, -0.2) is 8.78 Å². The molecule has 1 N–H and O–H groups in total. The van der Waals surface area contributed by atoms with Crippen LogP contribution in [0.3, 0.4) is 0 Å². The summed E-state index contributed by atoms with van der Waals surface area (Å²) in [6.07, 6.45) is -0.543. The first-order valence-electron chi connectivity index (χ1n) is 6.30. The molecule has 3 nitrogen and oxygen atoms in total. The predicted molar refractivity (Wildman–Crippen MR) is 76.1 cm³/mol. The molecule has 1 saturated carbocycles. The Morgan fingerprint density at radius 2 is 2.15 bits per heavy atom. The number of hydrogen-bond acceptors (Lipinski definition) is 1. The number of carbonyl (C=O) groups excluding carboxylic acids is 1. The van der Waals surface area contributed by atoms with Gasteiger partial charge in [0, 0.05) is 35.8 Å². The van der Waals surface area contributed by atoms with Gasteiger partial charge in [0.15, 0.2) is 0 Å². The molecule has 1 aromatic heterocycles. The van der Waals surface area contributed by atoms with Gasteiger partial charge < -0.3 is 9.88 Å². The highest BCUT2D eigenvalue weighted by molar-refractivity contribution is 9.10. The molecule has 2 aromatic rings. The van der Waals surface area contributed by atoms with Gasteiger partial charge in [0.1, 0.15) is 5.69 Å². The lowest BCUT2D eigenvalue weighted by atomic mass is 9.88. The van der Waals surface area contributed by atoms with Crippen LogP contribution in [0.2, 0.25) is 0 Å². The zero-order valence-corrected chi connectivity index (χ0v) is 12.4. The lowest BCUT2D eigenvalue weighted by Gasteiger charge is -2.35. The molecule has 6 heteroatoms. The minimum atomic E-state index is -2.63. The zero-order valence-electron chi connectivity index (χ0n) is 10.8. The third-order valence-corrected chi connectivity index (χ3v) is 4.30. The van der Waals surface area contributed by atoms with E-state index in [-0.39, 0.29) is 18.7 Å². The zero-order chi connectivity index (χ0) is 14.5. The number of rotatable bonds is 2. The quantitative estimate of drug-likeness (QED) is 0.890. The number of aryl methyl sites for hydroxylation is 1. The highest BCUT2D eigenvalue weighted by Crippen LogP contribution is 2.37. The molecule has 0 bridgehead atoms. The smallest absolute Gasteiger partial charge is 0.268 e. The fourth-order valence-electron chi connectivity index (χ4n) is 2.61. The molecule has 0 unspecified atom stereocenters. The normalized spacial score (nSPS) is 18.0. The van der Waals surface area contributed by atoms with Crippen LogP contribution >= 0.6 is 15.9 Å². The summed E-state index contributed by atoms with van der Waals surface area (Å²) in [6, 6.07) is 7.04. The summed E-state index contributed by atoms with van der Waals surface area (Å²) in [7, 11) is 1.79. The number of nitrogens with zero attached hydrogens (tertiary/aromatic N) is 1. The van der Waals surface area contributed by atoms with Crippen LogP contribution in [0.5, 0.6) is 0 Å². The highest BCUT2D eigenvalue weighted by atomic mass is 79.9. The van der Waals surface area contributed by atoms with E-state index in [4.69, 9.17) is 0 Å². The Morgan fingerprint density at radius 1 is 1.45 bits per heavy atom. The van der Waals surface area contributed by atoms with Crippen molar-refractivity contribution in [2.45, 2.75) is 24.8 Å². The maximum atomic E-state index is 12.8. The van der Waals surface area contributed by atoms with Gasteiger partial charge in [-0.15, -0.1) is 0 Å². The lowest BCUT2D eigenvalue weighted by molar-refractivity contribution is -0.0901. The molecule has 106 valence electrons. The fourth-order valence-corrected chi connectivity index (χ4v) is 3.25. The van der Waals surface area contributed by atoms with Crippen LogP contribution < -0.4 is 5.32 Å². The Labute approximate surface area is 123 Å². The van der Waals surface area contributed by atoms with Crippen LogP contribution in [0.15, 0.2) is 28.7 Å². The van der Waals surface area contributed by atoms with E-state index in [1.165, 1.54) is 0 Å². The van der Waals surface area contributed by atoms with Gasteiger partial charge in [-0.1, -0.05) is 12.1 Å². The van der Waals surface area contributed by atoms with E-state index in [9.17, 15) is 13.6 Å². The van der Waals surface area contributed by atoms with E-state index in [1.807, 2.05) is 18.2 Å². The Kier molecular flexibility index (Phi) is 3.08. The summed E-state index contributed by atoms with van der Waals surface area (Å²) in [5, 5.41) is 3.59. The third-order valence-electron chi connectivity index (χ3n) is 3.66. The van der Waals surface area contributed by atoms with Crippen molar-refractivity contribution in [1.29, 1.82) is 0 Å². The molecule has 0 atom stereocenters. The summed E-state index contributed by atoms with van der Waals surface area (Å²) in [5.74, 6) is -2.93. The number of hydrogen-bond donors (Lipinski definition) is 1. The van der Waals surface area contributed by atoms with Crippen LogP contribution in [0, 0.1) is 0 Å². The van der Waals surface area contributed by atoms with E-state index < -0.39 is 12.0 Å². The molecule has 1 aliphatic carbocycles. The maximum Gasteiger partial charge on any atom is 0.268 e. The first-order chi connectivity index (χ1) is 9.37. The molecule has 0 aliphatic heterocycles. The van der Waals surface area contributed by atoms with Crippen LogP contribution in [0.1, 0.15) is 23.3 Å². The first kappa shape index (κ1) is 13.5.